The molecule has 0 bridgehead atoms. The molecular formula is C20H38N2O5. The lowest BCUT2D eigenvalue weighted by Gasteiger charge is -2.34. The average Bonchev–Trinajstić information content (AvgIpc) is 2.45. The van der Waals surface area contributed by atoms with Crippen molar-refractivity contribution < 1.29 is 23.9 Å². The third kappa shape index (κ3) is 10.8. The number of carbonyl (C=O) groups excluding carboxylic acids is 3. The summed E-state index contributed by atoms with van der Waals surface area (Å²) in [6, 6.07) is -0.807. The lowest BCUT2D eigenvalue weighted by molar-refractivity contribution is -0.128. The third-order valence-corrected chi connectivity index (χ3v) is 3.49. The van der Waals surface area contributed by atoms with Gasteiger partial charge in [-0.1, -0.05) is 40.0 Å². The number of unbranched alkanes of at least 4 members (excludes halogenated alkanes) is 2. The molecular weight excluding hydrogens is 348 g/mol. The molecule has 0 aromatic heterocycles. The number of hydrazine groups is 1. The molecule has 158 valence electrons. The number of rotatable bonds is 7. The minimum Gasteiger partial charge on any atom is -0.443 e. The smallest absolute Gasteiger partial charge is 0.429 e. The Balaban J connectivity index is 5.65. The van der Waals surface area contributed by atoms with E-state index in [-0.39, 0.29) is 11.7 Å². The topological polar surface area (TPSA) is 84.9 Å². The number of nitrogens with one attached hydrogen (secondary N) is 1. The number of nitrogens with zero attached hydrogens (tertiary/aromatic N) is 1. The molecule has 0 heterocycles. The van der Waals surface area contributed by atoms with E-state index < -0.39 is 29.4 Å². The van der Waals surface area contributed by atoms with Gasteiger partial charge in [-0.3, -0.25) is 4.79 Å². The fourth-order valence-corrected chi connectivity index (χ4v) is 2.33. The van der Waals surface area contributed by atoms with Crippen molar-refractivity contribution in [2.24, 2.45) is 5.92 Å². The van der Waals surface area contributed by atoms with Gasteiger partial charge < -0.3 is 9.47 Å². The molecule has 0 aliphatic carbocycles. The summed E-state index contributed by atoms with van der Waals surface area (Å²) in [4.78, 5) is 37.8. The van der Waals surface area contributed by atoms with Gasteiger partial charge in [0.1, 0.15) is 17.2 Å². The van der Waals surface area contributed by atoms with Crippen LogP contribution in [0.3, 0.4) is 0 Å². The molecule has 27 heavy (non-hydrogen) atoms. The zero-order valence-electron chi connectivity index (χ0n) is 18.5. The number of ketones is 1. The summed E-state index contributed by atoms with van der Waals surface area (Å²) in [5, 5.41) is 0.997. The van der Waals surface area contributed by atoms with Crippen molar-refractivity contribution in [1.29, 1.82) is 0 Å². The first-order chi connectivity index (χ1) is 12.2. The summed E-state index contributed by atoms with van der Waals surface area (Å²) in [6.07, 6.45) is 1.54. The first-order valence-corrected chi connectivity index (χ1v) is 9.73. The molecule has 0 saturated heterocycles. The minimum absolute atomic E-state index is 0.131. The van der Waals surface area contributed by atoms with Crippen LogP contribution in [-0.4, -0.2) is 40.2 Å². The minimum atomic E-state index is -0.807. The molecule has 1 unspecified atom stereocenters. The number of hydrogen-bond donors (Lipinski definition) is 1. The molecule has 0 aliphatic heterocycles. The van der Waals surface area contributed by atoms with Crippen LogP contribution in [0.2, 0.25) is 0 Å². The Morgan fingerprint density at radius 1 is 0.926 bits per heavy atom. The van der Waals surface area contributed by atoms with Crippen LogP contribution >= 0.6 is 0 Å². The number of ether oxygens (including phenoxy) is 2. The van der Waals surface area contributed by atoms with Gasteiger partial charge in [0, 0.05) is 5.92 Å². The van der Waals surface area contributed by atoms with E-state index in [1.807, 2.05) is 0 Å². The maximum Gasteiger partial charge on any atom is 0.429 e. The van der Waals surface area contributed by atoms with Crippen molar-refractivity contribution in [2.75, 3.05) is 0 Å². The molecule has 1 N–H and O–H groups in total. The summed E-state index contributed by atoms with van der Waals surface area (Å²) in [5.41, 5.74) is 0.939. The largest absolute Gasteiger partial charge is 0.443 e. The van der Waals surface area contributed by atoms with Gasteiger partial charge in [-0.25, -0.2) is 20.0 Å². The molecule has 7 nitrogen and oxygen atoms in total. The molecule has 0 aromatic rings. The van der Waals surface area contributed by atoms with E-state index in [9.17, 15) is 14.4 Å². The molecule has 0 radical (unpaired) electrons. The van der Waals surface area contributed by atoms with Gasteiger partial charge in [0.15, 0.2) is 5.78 Å². The predicted molar refractivity (Wildman–Crippen MR) is 105 cm³/mol. The van der Waals surface area contributed by atoms with E-state index in [1.54, 1.807) is 55.4 Å². The standard InChI is InChI=1S/C20H38N2O5/c1-10-11-12-13-15(16(23)14(2)3)22(18(25)27-20(7,8)9)21-17(24)26-19(4,5)6/h14-15H,10-13H2,1-9H3,(H,21,24). The van der Waals surface area contributed by atoms with Crippen LogP contribution in [0.4, 0.5) is 9.59 Å². The Hall–Kier alpha value is -1.79. The molecule has 0 spiro atoms. The van der Waals surface area contributed by atoms with Gasteiger partial charge in [-0.05, 0) is 48.0 Å². The van der Waals surface area contributed by atoms with Crippen LogP contribution in [0, 0.1) is 5.92 Å². The highest BCUT2D eigenvalue weighted by Gasteiger charge is 2.36. The van der Waals surface area contributed by atoms with Gasteiger partial charge in [0.2, 0.25) is 0 Å². The van der Waals surface area contributed by atoms with Crippen LogP contribution in [0.25, 0.3) is 0 Å². The van der Waals surface area contributed by atoms with Crippen molar-refractivity contribution in [2.45, 2.75) is 105 Å². The summed E-state index contributed by atoms with van der Waals surface area (Å²) in [7, 11) is 0. The van der Waals surface area contributed by atoms with E-state index in [0.29, 0.717) is 6.42 Å². The van der Waals surface area contributed by atoms with E-state index in [4.69, 9.17) is 9.47 Å². The predicted octanol–water partition coefficient (Wildman–Crippen LogP) is 4.84. The zero-order valence-corrected chi connectivity index (χ0v) is 18.5. The van der Waals surface area contributed by atoms with E-state index in [1.165, 1.54) is 0 Å². The Morgan fingerprint density at radius 3 is 1.85 bits per heavy atom. The highest BCUT2D eigenvalue weighted by molar-refractivity contribution is 5.89. The maximum atomic E-state index is 12.8. The number of hydrogen-bond acceptors (Lipinski definition) is 5. The van der Waals surface area contributed by atoms with Crippen LogP contribution in [0.1, 0.15) is 88.0 Å². The second-order valence-electron chi connectivity index (χ2n) is 9.03. The lowest BCUT2D eigenvalue weighted by Crippen LogP contribution is -2.57. The van der Waals surface area contributed by atoms with E-state index in [0.717, 1.165) is 24.3 Å². The SMILES string of the molecule is CCCCCC(C(=O)C(C)C)N(NC(=O)OC(C)(C)C)C(=O)OC(C)(C)C. The molecule has 2 amide bonds. The molecule has 0 saturated carbocycles. The van der Waals surface area contributed by atoms with Crippen LogP contribution in [0.15, 0.2) is 0 Å². The van der Waals surface area contributed by atoms with Crippen molar-refractivity contribution >= 4 is 18.0 Å². The average molecular weight is 387 g/mol. The van der Waals surface area contributed by atoms with Crippen molar-refractivity contribution in [3.8, 4) is 0 Å². The first kappa shape index (κ1) is 25.2. The van der Waals surface area contributed by atoms with Gasteiger partial charge in [-0.2, -0.15) is 0 Å². The van der Waals surface area contributed by atoms with Crippen LogP contribution in [0.5, 0.6) is 0 Å². The number of carbonyl (C=O) groups is 3. The second-order valence-corrected chi connectivity index (χ2v) is 9.03. The van der Waals surface area contributed by atoms with Gasteiger partial charge in [-0.15, -0.1) is 0 Å². The Labute approximate surface area is 164 Å². The molecule has 0 aromatic carbocycles. The van der Waals surface area contributed by atoms with Crippen molar-refractivity contribution in [3.05, 3.63) is 0 Å². The maximum absolute atomic E-state index is 12.8. The molecule has 0 aliphatic rings. The monoisotopic (exact) mass is 386 g/mol. The highest BCUT2D eigenvalue weighted by Crippen LogP contribution is 2.18. The van der Waals surface area contributed by atoms with Gasteiger partial charge in [0.25, 0.3) is 0 Å². The lowest BCUT2D eigenvalue weighted by atomic mass is 9.96. The Morgan fingerprint density at radius 2 is 1.44 bits per heavy atom. The highest BCUT2D eigenvalue weighted by atomic mass is 16.6. The quantitative estimate of drug-likeness (QED) is 0.500. The third-order valence-electron chi connectivity index (χ3n) is 3.49. The molecule has 1 atom stereocenters. The summed E-state index contributed by atoms with van der Waals surface area (Å²) >= 11 is 0. The zero-order chi connectivity index (χ0) is 21.4. The van der Waals surface area contributed by atoms with Crippen molar-refractivity contribution in [1.82, 2.24) is 10.4 Å². The van der Waals surface area contributed by atoms with Crippen LogP contribution in [-0.2, 0) is 14.3 Å². The fourth-order valence-electron chi connectivity index (χ4n) is 2.33. The second kappa shape index (κ2) is 10.5. The number of amides is 2. The Kier molecular flexibility index (Phi) is 9.82. The molecule has 7 heteroatoms. The normalized spacial score (nSPS) is 13.1. The van der Waals surface area contributed by atoms with Gasteiger partial charge in [0.05, 0.1) is 0 Å². The summed E-state index contributed by atoms with van der Waals surface area (Å²) < 4.78 is 10.7. The van der Waals surface area contributed by atoms with Crippen LogP contribution < -0.4 is 5.43 Å². The molecule has 0 rings (SSSR count). The van der Waals surface area contributed by atoms with E-state index >= 15 is 0 Å². The Bertz CT molecular complexity index is 503. The molecule has 0 fully saturated rings. The first-order valence-electron chi connectivity index (χ1n) is 9.73. The van der Waals surface area contributed by atoms with E-state index in [2.05, 4.69) is 12.3 Å². The summed E-state index contributed by atoms with van der Waals surface area (Å²) in [6.45, 7) is 16.0. The fraction of sp³-hybridized carbons (Fsp3) is 0.850. The van der Waals surface area contributed by atoms with Gasteiger partial charge >= 0.3 is 12.2 Å². The number of Topliss-reactive ketones (excluding diaryl/α,β-unsaturated/α-hetero) is 1. The van der Waals surface area contributed by atoms with Crippen molar-refractivity contribution in [3.63, 3.8) is 0 Å². The summed E-state index contributed by atoms with van der Waals surface area (Å²) in [5.74, 6) is -0.421.